The fourth-order valence-corrected chi connectivity index (χ4v) is 1.70. The fourth-order valence-electron chi connectivity index (χ4n) is 1.70. The lowest BCUT2D eigenvalue weighted by molar-refractivity contribution is 0.639. The molecule has 0 fully saturated rings. The first kappa shape index (κ1) is 9.90. The van der Waals surface area contributed by atoms with Crippen LogP contribution in [0.3, 0.4) is 0 Å². The standard InChI is InChI=1S/C12H13FN2/c1-3-8-6-10(14)11-9(13)5-4-7(2)12(11)15-8/h4-6H,3H2,1-2H3,(H2,14,15). The number of fused-ring (bicyclic) bond motifs is 1. The molecule has 2 nitrogen and oxygen atoms in total. The highest BCUT2D eigenvalue weighted by molar-refractivity contribution is 5.92. The maximum atomic E-state index is 13.5. The highest BCUT2D eigenvalue weighted by atomic mass is 19.1. The van der Waals surface area contributed by atoms with Crippen LogP contribution < -0.4 is 5.73 Å². The molecule has 1 aromatic heterocycles. The molecular formula is C12H13FN2. The molecule has 0 aliphatic rings. The second-order valence-corrected chi connectivity index (χ2v) is 3.64. The Morgan fingerprint density at radius 1 is 1.40 bits per heavy atom. The predicted octanol–water partition coefficient (Wildman–Crippen LogP) is 2.83. The Bertz CT molecular complexity index is 521. The number of nitrogens with two attached hydrogens (primary N) is 1. The van der Waals surface area contributed by atoms with Crippen molar-refractivity contribution in [2.45, 2.75) is 20.3 Å². The van der Waals surface area contributed by atoms with Crippen LogP contribution in [0.25, 0.3) is 10.9 Å². The Morgan fingerprint density at radius 2 is 2.13 bits per heavy atom. The van der Waals surface area contributed by atoms with Gasteiger partial charge < -0.3 is 5.73 Å². The van der Waals surface area contributed by atoms with E-state index in [1.165, 1.54) is 6.07 Å². The zero-order valence-electron chi connectivity index (χ0n) is 8.84. The molecule has 2 rings (SSSR count). The Balaban J connectivity index is 2.90. The van der Waals surface area contributed by atoms with E-state index in [9.17, 15) is 4.39 Å². The lowest BCUT2D eigenvalue weighted by Crippen LogP contribution is -1.98. The molecule has 78 valence electrons. The SMILES string of the molecule is CCc1cc(N)c2c(F)ccc(C)c2n1. The summed E-state index contributed by atoms with van der Waals surface area (Å²) in [6, 6.07) is 4.90. The first-order valence-electron chi connectivity index (χ1n) is 4.97. The van der Waals surface area contributed by atoms with Crippen molar-refractivity contribution >= 4 is 16.6 Å². The number of anilines is 1. The minimum Gasteiger partial charge on any atom is -0.398 e. The van der Waals surface area contributed by atoms with E-state index < -0.39 is 0 Å². The van der Waals surface area contributed by atoms with Gasteiger partial charge in [0, 0.05) is 11.4 Å². The van der Waals surface area contributed by atoms with Crippen LogP contribution in [0.1, 0.15) is 18.2 Å². The van der Waals surface area contributed by atoms with Crippen LogP contribution in [0.2, 0.25) is 0 Å². The molecule has 0 aliphatic carbocycles. The summed E-state index contributed by atoms with van der Waals surface area (Å²) in [6.45, 7) is 3.91. The summed E-state index contributed by atoms with van der Waals surface area (Å²) in [5.74, 6) is -0.303. The molecule has 1 aromatic carbocycles. The summed E-state index contributed by atoms with van der Waals surface area (Å²) in [5.41, 5.74) is 8.81. The molecule has 1 heterocycles. The Labute approximate surface area is 87.9 Å². The summed E-state index contributed by atoms with van der Waals surface area (Å²) in [5, 5.41) is 0.437. The van der Waals surface area contributed by atoms with Crippen LogP contribution >= 0.6 is 0 Å². The van der Waals surface area contributed by atoms with Gasteiger partial charge in [-0.1, -0.05) is 13.0 Å². The van der Waals surface area contributed by atoms with Crippen molar-refractivity contribution in [1.29, 1.82) is 0 Å². The number of halogens is 1. The summed E-state index contributed by atoms with van der Waals surface area (Å²) < 4.78 is 13.5. The van der Waals surface area contributed by atoms with Crippen molar-refractivity contribution in [3.05, 3.63) is 35.3 Å². The van der Waals surface area contributed by atoms with Crippen LogP contribution in [-0.4, -0.2) is 4.98 Å². The molecule has 0 amide bonds. The molecule has 15 heavy (non-hydrogen) atoms. The molecule has 2 aromatic rings. The molecule has 3 heteroatoms. The number of pyridine rings is 1. The quantitative estimate of drug-likeness (QED) is 0.775. The van der Waals surface area contributed by atoms with Gasteiger partial charge in [-0.15, -0.1) is 0 Å². The lowest BCUT2D eigenvalue weighted by Gasteiger charge is -2.07. The third kappa shape index (κ3) is 1.54. The third-order valence-corrected chi connectivity index (χ3v) is 2.56. The van der Waals surface area contributed by atoms with Gasteiger partial charge >= 0.3 is 0 Å². The van der Waals surface area contributed by atoms with Crippen LogP contribution in [0.15, 0.2) is 18.2 Å². The van der Waals surface area contributed by atoms with E-state index >= 15 is 0 Å². The van der Waals surface area contributed by atoms with Crippen molar-refractivity contribution in [3.8, 4) is 0 Å². The number of hydrogen-bond donors (Lipinski definition) is 1. The van der Waals surface area contributed by atoms with Crippen molar-refractivity contribution in [2.75, 3.05) is 5.73 Å². The highest BCUT2D eigenvalue weighted by Gasteiger charge is 2.09. The molecule has 0 saturated heterocycles. The van der Waals surface area contributed by atoms with Gasteiger partial charge in [-0.05, 0) is 31.0 Å². The third-order valence-electron chi connectivity index (χ3n) is 2.56. The smallest absolute Gasteiger partial charge is 0.134 e. The molecule has 0 bridgehead atoms. The summed E-state index contributed by atoms with van der Waals surface area (Å²) >= 11 is 0. The van der Waals surface area contributed by atoms with Crippen LogP contribution in [-0.2, 0) is 6.42 Å². The van der Waals surface area contributed by atoms with Crippen LogP contribution in [0, 0.1) is 12.7 Å². The van der Waals surface area contributed by atoms with E-state index in [0.717, 1.165) is 17.7 Å². The molecule has 0 aliphatic heterocycles. The maximum absolute atomic E-state index is 13.5. The molecule has 0 atom stereocenters. The van der Waals surface area contributed by atoms with Gasteiger partial charge in [-0.25, -0.2) is 4.39 Å². The second kappa shape index (κ2) is 3.50. The molecule has 2 N–H and O–H groups in total. The molecule has 0 saturated carbocycles. The number of hydrogen-bond acceptors (Lipinski definition) is 2. The molecule has 0 radical (unpaired) electrons. The van der Waals surface area contributed by atoms with Crippen molar-refractivity contribution in [3.63, 3.8) is 0 Å². The van der Waals surface area contributed by atoms with Crippen molar-refractivity contribution in [2.24, 2.45) is 0 Å². The summed E-state index contributed by atoms with van der Waals surface area (Å²) in [7, 11) is 0. The van der Waals surface area contributed by atoms with E-state index in [4.69, 9.17) is 5.73 Å². The number of nitrogens with zero attached hydrogens (tertiary/aromatic N) is 1. The number of nitrogen functional groups attached to an aromatic ring is 1. The van der Waals surface area contributed by atoms with E-state index in [1.54, 1.807) is 12.1 Å². The number of aryl methyl sites for hydroxylation is 2. The second-order valence-electron chi connectivity index (χ2n) is 3.64. The van der Waals surface area contributed by atoms with Gasteiger partial charge in [0.15, 0.2) is 0 Å². The number of aromatic nitrogens is 1. The normalized spacial score (nSPS) is 10.9. The lowest BCUT2D eigenvalue weighted by atomic mass is 10.1. The monoisotopic (exact) mass is 204 g/mol. The largest absolute Gasteiger partial charge is 0.398 e. The van der Waals surface area contributed by atoms with Gasteiger partial charge in [0.1, 0.15) is 5.82 Å². The first-order chi connectivity index (χ1) is 7.13. The summed E-state index contributed by atoms with van der Waals surface area (Å²) in [6.07, 6.45) is 0.802. The molecule has 0 unspecified atom stereocenters. The maximum Gasteiger partial charge on any atom is 0.134 e. The topological polar surface area (TPSA) is 38.9 Å². The summed E-state index contributed by atoms with van der Waals surface area (Å²) in [4.78, 5) is 4.39. The van der Waals surface area contributed by atoms with E-state index in [1.807, 2.05) is 13.8 Å². The van der Waals surface area contributed by atoms with E-state index in [0.29, 0.717) is 16.6 Å². The van der Waals surface area contributed by atoms with Gasteiger partial charge in [0.2, 0.25) is 0 Å². The average Bonchev–Trinajstić information content (AvgIpc) is 2.23. The zero-order chi connectivity index (χ0) is 11.0. The van der Waals surface area contributed by atoms with Crippen molar-refractivity contribution < 1.29 is 4.39 Å². The average molecular weight is 204 g/mol. The van der Waals surface area contributed by atoms with Gasteiger partial charge in [-0.3, -0.25) is 4.98 Å². The fraction of sp³-hybridized carbons (Fsp3) is 0.250. The van der Waals surface area contributed by atoms with Gasteiger partial charge in [0.25, 0.3) is 0 Å². The van der Waals surface area contributed by atoms with E-state index in [-0.39, 0.29) is 5.82 Å². The number of benzene rings is 1. The number of rotatable bonds is 1. The first-order valence-corrected chi connectivity index (χ1v) is 4.97. The minimum atomic E-state index is -0.303. The van der Waals surface area contributed by atoms with E-state index in [2.05, 4.69) is 4.98 Å². The van der Waals surface area contributed by atoms with Gasteiger partial charge in [0.05, 0.1) is 10.9 Å². The highest BCUT2D eigenvalue weighted by Crippen LogP contribution is 2.26. The Morgan fingerprint density at radius 3 is 2.80 bits per heavy atom. The Hall–Kier alpha value is -1.64. The molecular weight excluding hydrogens is 191 g/mol. The van der Waals surface area contributed by atoms with Crippen LogP contribution in [0.4, 0.5) is 10.1 Å². The minimum absolute atomic E-state index is 0.303. The Kier molecular flexibility index (Phi) is 2.31. The predicted molar refractivity (Wildman–Crippen MR) is 60.2 cm³/mol. The molecule has 0 spiro atoms. The van der Waals surface area contributed by atoms with Crippen molar-refractivity contribution in [1.82, 2.24) is 4.98 Å². The van der Waals surface area contributed by atoms with Gasteiger partial charge in [-0.2, -0.15) is 0 Å². The van der Waals surface area contributed by atoms with Crippen LogP contribution in [0.5, 0.6) is 0 Å². The zero-order valence-corrected chi connectivity index (χ0v) is 8.84.